The Morgan fingerprint density at radius 1 is 1.00 bits per heavy atom. The van der Waals surface area contributed by atoms with Gasteiger partial charge in [-0.05, 0) is 52.2 Å². The normalized spacial score (nSPS) is 13.0. The molecule has 0 aliphatic heterocycles. The van der Waals surface area contributed by atoms with Crippen LogP contribution in [0.4, 0.5) is 0 Å². The van der Waals surface area contributed by atoms with Crippen molar-refractivity contribution < 1.29 is 9.90 Å². The van der Waals surface area contributed by atoms with Crippen molar-refractivity contribution >= 4 is 38.6 Å². The quantitative estimate of drug-likeness (QED) is 0.640. The number of halogens is 1. The number of benzene rings is 3. The number of fused-ring (bicyclic) bond motifs is 2. The SMILES string of the molecule is O=C(C1=Cc2ccc(Br)cc2C1)c1cc2ccccc2cc1O. The Bertz CT molecular complexity index is 986. The van der Waals surface area contributed by atoms with Gasteiger partial charge in [0, 0.05) is 16.5 Å². The van der Waals surface area contributed by atoms with Gasteiger partial charge < -0.3 is 5.11 Å². The number of phenolic OH excluding ortho intramolecular Hbond substituents is 1. The molecule has 0 spiro atoms. The second kappa shape index (κ2) is 5.36. The molecule has 0 radical (unpaired) electrons. The van der Waals surface area contributed by atoms with Gasteiger partial charge in [-0.1, -0.05) is 46.3 Å². The minimum absolute atomic E-state index is 0.0340. The van der Waals surface area contributed by atoms with E-state index in [0.717, 1.165) is 26.4 Å². The van der Waals surface area contributed by atoms with Gasteiger partial charge in [-0.15, -0.1) is 0 Å². The molecule has 3 aromatic rings. The molecule has 0 bridgehead atoms. The van der Waals surface area contributed by atoms with Crippen molar-refractivity contribution in [2.24, 2.45) is 0 Å². The number of rotatable bonds is 2. The Morgan fingerprint density at radius 3 is 2.52 bits per heavy atom. The zero-order valence-corrected chi connectivity index (χ0v) is 13.8. The number of aromatic hydroxyl groups is 1. The third-order valence-electron chi connectivity index (χ3n) is 4.22. The molecule has 4 rings (SSSR count). The monoisotopic (exact) mass is 364 g/mol. The second-order valence-corrected chi connectivity index (χ2v) is 6.65. The molecule has 0 fully saturated rings. The van der Waals surface area contributed by atoms with Gasteiger partial charge in [-0.2, -0.15) is 0 Å². The molecular formula is C20H13BrO2. The summed E-state index contributed by atoms with van der Waals surface area (Å²) in [7, 11) is 0. The molecule has 3 aromatic carbocycles. The van der Waals surface area contributed by atoms with Gasteiger partial charge in [0.15, 0.2) is 5.78 Å². The lowest BCUT2D eigenvalue weighted by Gasteiger charge is -2.07. The number of Topliss-reactive ketones (excluding diaryl/α,β-unsaturated/α-hetero) is 1. The van der Waals surface area contributed by atoms with Gasteiger partial charge in [0.2, 0.25) is 0 Å². The summed E-state index contributed by atoms with van der Waals surface area (Å²) in [6.07, 6.45) is 2.51. The van der Waals surface area contributed by atoms with Gasteiger partial charge in [0.05, 0.1) is 5.56 Å². The lowest BCUT2D eigenvalue weighted by molar-refractivity contribution is 0.103. The zero-order valence-electron chi connectivity index (χ0n) is 12.2. The molecule has 2 nitrogen and oxygen atoms in total. The molecular weight excluding hydrogens is 352 g/mol. The van der Waals surface area contributed by atoms with Crippen LogP contribution in [0.25, 0.3) is 16.8 Å². The van der Waals surface area contributed by atoms with Crippen molar-refractivity contribution in [3.63, 3.8) is 0 Å². The minimum Gasteiger partial charge on any atom is -0.507 e. The smallest absolute Gasteiger partial charge is 0.193 e. The van der Waals surface area contributed by atoms with Gasteiger partial charge in [-0.25, -0.2) is 0 Å². The van der Waals surface area contributed by atoms with E-state index in [9.17, 15) is 9.90 Å². The lowest BCUT2D eigenvalue weighted by Crippen LogP contribution is -2.04. The third-order valence-corrected chi connectivity index (χ3v) is 4.71. The number of carbonyl (C=O) groups is 1. The average molecular weight is 365 g/mol. The van der Waals surface area contributed by atoms with Crippen LogP contribution in [0.2, 0.25) is 0 Å². The lowest BCUT2D eigenvalue weighted by atomic mass is 9.98. The number of allylic oxidation sites excluding steroid dienone is 1. The fourth-order valence-electron chi connectivity index (χ4n) is 3.04. The number of hydrogen-bond donors (Lipinski definition) is 1. The summed E-state index contributed by atoms with van der Waals surface area (Å²) >= 11 is 3.46. The van der Waals surface area contributed by atoms with Crippen LogP contribution in [0.15, 0.2) is 64.6 Å². The highest BCUT2D eigenvalue weighted by atomic mass is 79.9. The van der Waals surface area contributed by atoms with E-state index in [-0.39, 0.29) is 11.5 Å². The summed E-state index contributed by atoms with van der Waals surface area (Å²) < 4.78 is 1.01. The highest BCUT2D eigenvalue weighted by Crippen LogP contribution is 2.33. The maximum Gasteiger partial charge on any atom is 0.193 e. The van der Waals surface area contributed by atoms with E-state index in [4.69, 9.17) is 0 Å². The second-order valence-electron chi connectivity index (χ2n) is 5.74. The van der Waals surface area contributed by atoms with E-state index in [1.165, 1.54) is 0 Å². The fourth-order valence-corrected chi connectivity index (χ4v) is 3.45. The standard InChI is InChI=1S/C20H13BrO2/c21-17-6-5-14-7-16(8-15(14)9-17)20(23)18-10-12-3-1-2-4-13(12)11-19(18)22/h1-7,9-11,22H,8H2. The van der Waals surface area contributed by atoms with Crippen LogP contribution in [0.1, 0.15) is 21.5 Å². The van der Waals surface area contributed by atoms with Crippen molar-refractivity contribution in [2.45, 2.75) is 6.42 Å². The van der Waals surface area contributed by atoms with Crippen LogP contribution in [-0.2, 0) is 6.42 Å². The maximum atomic E-state index is 12.8. The first kappa shape index (κ1) is 14.2. The van der Waals surface area contributed by atoms with Crippen molar-refractivity contribution in [1.82, 2.24) is 0 Å². The number of hydrogen-bond acceptors (Lipinski definition) is 2. The number of carbonyl (C=O) groups excluding carboxylic acids is 1. The molecule has 1 N–H and O–H groups in total. The molecule has 0 unspecified atom stereocenters. The van der Waals surface area contributed by atoms with Crippen LogP contribution < -0.4 is 0 Å². The van der Waals surface area contributed by atoms with Crippen molar-refractivity contribution in [1.29, 1.82) is 0 Å². The maximum absolute atomic E-state index is 12.8. The molecule has 23 heavy (non-hydrogen) atoms. The van der Waals surface area contributed by atoms with Crippen LogP contribution in [0, 0.1) is 0 Å². The van der Waals surface area contributed by atoms with Crippen LogP contribution in [0.3, 0.4) is 0 Å². The Morgan fingerprint density at radius 2 is 1.74 bits per heavy atom. The zero-order chi connectivity index (χ0) is 16.0. The molecule has 3 heteroatoms. The summed E-state index contributed by atoms with van der Waals surface area (Å²) in [6, 6.07) is 17.1. The predicted octanol–water partition coefficient (Wildman–Crippen LogP) is 5.13. The van der Waals surface area contributed by atoms with E-state index in [1.54, 1.807) is 12.1 Å². The first-order valence-electron chi connectivity index (χ1n) is 7.37. The molecule has 0 saturated heterocycles. The largest absolute Gasteiger partial charge is 0.507 e. The fraction of sp³-hybridized carbons (Fsp3) is 0.0500. The molecule has 1 aliphatic rings. The first-order chi connectivity index (χ1) is 11.1. The Labute approximate surface area is 142 Å². The number of ketones is 1. The predicted molar refractivity (Wildman–Crippen MR) is 95.8 cm³/mol. The Kier molecular flexibility index (Phi) is 3.31. The van der Waals surface area contributed by atoms with Crippen molar-refractivity contribution in [3.05, 3.63) is 81.3 Å². The minimum atomic E-state index is -0.111. The van der Waals surface area contributed by atoms with Crippen LogP contribution in [-0.4, -0.2) is 10.9 Å². The van der Waals surface area contributed by atoms with Gasteiger partial charge in [0.25, 0.3) is 0 Å². The van der Waals surface area contributed by atoms with Crippen molar-refractivity contribution in [2.75, 3.05) is 0 Å². The average Bonchev–Trinajstić information content (AvgIpc) is 2.96. The first-order valence-corrected chi connectivity index (χ1v) is 8.16. The summed E-state index contributed by atoms with van der Waals surface area (Å²) in [6.45, 7) is 0. The van der Waals surface area contributed by atoms with Crippen LogP contribution >= 0.6 is 15.9 Å². The molecule has 0 aromatic heterocycles. The van der Waals surface area contributed by atoms with E-state index in [1.807, 2.05) is 48.5 Å². The molecule has 0 atom stereocenters. The van der Waals surface area contributed by atoms with Gasteiger partial charge in [-0.3, -0.25) is 4.79 Å². The molecule has 1 aliphatic carbocycles. The van der Waals surface area contributed by atoms with Crippen LogP contribution in [0.5, 0.6) is 5.75 Å². The Hall–Kier alpha value is -2.39. The highest BCUT2D eigenvalue weighted by molar-refractivity contribution is 9.10. The van der Waals surface area contributed by atoms with E-state index >= 15 is 0 Å². The molecule has 0 heterocycles. The van der Waals surface area contributed by atoms with E-state index in [0.29, 0.717) is 17.6 Å². The third kappa shape index (κ3) is 2.47. The van der Waals surface area contributed by atoms with Gasteiger partial charge in [0.1, 0.15) is 5.75 Å². The summed E-state index contributed by atoms with van der Waals surface area (Å²) in [5.41, 5.74) is 3.27. The highest BCUT2D eigenvalue weighted by Gasteiger charge is 2.22. The summed E-state index contributed by atoms with van der Waals surface area (Å²) in [5, 5.41) is 12.1. The van der Waals surface area contributed by atoms with E-state index in [2.05, 4.69) is 15.9 Å². The summed E-state index contributed by atoms with van der Waals surface area (Å²) in [4.78, 5) is 12.8. The topological polar surface area (TPSA) is 37.3 Å². The van der Waals surface area contributed by atoms with E-state index < -0.39 is 0 Å². The molecule has 112 valence electrons. The summed E-state index contributed by atoms with van der Waals surface area (Å²) in [5.74, 6) is -0.0766. The van der Waals surface area contributed by atoms with Crippen molar-refractivity contribution in [3.8, 4) is 5.75 Å². The van der Waals surface area contributed by atoms with Gasteiger partial charge >= 0.3 is 0 Å². The number of phenols is 1. The molecule has 0 saturated carbocycles. The molecule has 0 amide bonds. The Balaban J connectivity index is 1.75.